The summed E-state index contributed by atoms with van der Waals surface area (Å²) in [5.41, 5.74) is 0.302. The summed E-state index contributed by atoms with van der Waals surface area (Å²) in [6.45, 7) is 1.12. The van der Waals surface area contributed by atoms with Gasteiger partial charge in [0.15, 0.2) is 0 Å². The Bertz CT molecular complexity index is 99.4. The molecule has 1 saturated carbocycles. The van der Waals surface area contributed by atoms with Crippen molar-refractivity contribution >= 4 is 0 Å². The van der Waals surface area contributed by atoms with E-state index in [1.54, 1.807) is 0 Å². The number of ether oxygens (including phenoxy) is 1. The van der Waals surface area contributed by atoms with Gasteiger partial charge in [0.1, 0.15) is 0 Å². The zero-order valence-corrected chi connectivity index (χ0v) is 6.94. The molecular weight excluding hydrogens is 126 g/mol. The summed E-state index contributed by atoms with van der Waals surface area (Å²) in [5, 5.41) is 3.14. The van der Waals surface area contributed by atoms with Gasteiger partial charge in [-0.1, -0.05) is 0 Å². The average Bonchev–Trinajstić information content (AvgIpc) is 2.70. The maximum atomic E-state index is 5.37. The Hall–Kier alpha value is -0.0800. The number of methoxy groups -OCH3 is 1. The molecule has 0 atom stereocenters. The minimum absolute atomic E-state index is 0.302. The standard InChI is InChI=1S/C8H17NO/c1-9-7-3-4-8(10-2)5-6-8/h9H,3-7H2,1-2H3. The van der Waals surface area contributed by atoms with Gasteiger partial charge in [0, 0.05) is 7.11 Å². The van der Waals surface area contributed by atoms with E-state index in [0.29, 0.717) is 5.60 Å². The molecule has 0 saturated heterocycles. The lowest BCUT2D eigenvalue weighted by atomic mass is 10.2. The van der Waals surface area contributed by atoms with Crippen LogP contribution in [0.2, 0.25) is 0 Å². The normalized spacial score (nSPS) is 21.0. The second-order valence-electron chi connectivity index (χ2n) is 3.09. The van der Waals surface area contributed by atoms with Gasteiger partial charge in [-0.25, -0.2) is 0 Å². The molecule has 0 amide bonds. The maximum Gasteiger partial charge on any atom is 0.0681 e. The van der Waals surface area contributed by atoms with E-state index in [-0.39, 0.29) is 0 Å². The molecule has 1 aliphatic rings. The van der Waals surface area contributed by atoms with Crippen molar-refractivity contribution in [2.75, 3.05) is 20.7 Å². The van der Waals surface area contributed by atoms with Gasteiger partial charge in [-0.3, -0.25) is 0 Å². The molecular formula is C8H17NO. The van der Waals surface area contributed by atoms with Crippen LogP contribution in [-0.4, -0.2) is 26.3 Å². The highest BCUT2D eigenvalue weighted by molar-refractivity contribution is 4.94. The van der Waals surface area contributed by atoms with Crippen molar-refractivity contribution < 1.29 is 4.74 Å². The highest BCUT2D eigenvalue weighted by atomic mass is 16.5. The van der Waals surface area contributed by atoms with Crippen molar-refractivity contribution in [2.45, 2.75) is 31.3 Å². The first-order chi connectivity index (χ1) is 4.83. The molecule has 2 heteroatoms. The zero-order chi connectivity index (χ0) is 7.45. The van der Waals surface area contributed by atoms with Crippen molar-refractivity contribution in [1.82, 2.24) is 5.32 Å². The summed E-state index contributed by atoms with van der Waals surface area (Å²) in [7, 11) is 3.82. The molecule has 1 N–H and O–H groups in total. The second kappa shape index (κ2) is 3.35. The largest absolute Gasteiger partial charge is 0.378 e. The fourth-order valence-corrected chi connectivity index (χ4v) is 1.28. The first kappa shape index (κ1) is 8.02. The molecule has 0 aromatic heterocycles. The monoisotopic (exact) mass is 143 g/mol. The van der Waals surface area contributed by atoms with Crippen LogP contribution in [0.4, 0.5) is 0 Å². The number of hydrogen-bond donors (Lipinski definition) is 1. The summed E-state index contributed by atoms with van der Waals surface area (Å²) in [5.74, 6) is 0. The molecule has 0 aromatic rings. The fourth-order valence-electron chi connectivity index (χ4n) is 1.28. The number of hydrogen-bond acceptors (Lipinski definition) is 2. The van der Waals surface area contributed by atoms with Crippen LogP contribution in [0, 0.1) is 0 Å². The van der Waals surface area contributed by atoms with Crippen LogP contribution in [0.25, 0.3) is 0 Å². The molecule has 0 radical (unpaired) electrons. The second-order valence-corrected chi connectivity index (χ2v) is 3.09. The quantitative estimate of drug-likeness (QED) is 0.583. The molecule has 0 aliphatic heterocycles. The summed E-state index contributed by atoms with van der Waals surface area (Å²) in [4.78, 5) is 0. The van der Waals surface area contributed by atoms with Crippen molar-refractivity contribution in [3.63, 3.8) is 0 Å². The van der Waals surface area contributed by atoms with Crippen LogP contribution in [0.3, 0.4) is 0 Å². The molecule has 0 spiro atoms. The van der Waals surface area contributed by atoms with Gasteiger partial charge in [0.2, 0.25) is 0 Å². The predicted molar refractivity (Wildman–Crippen MR) is 42.1 cm³/mol. The highest BCUT2D eigenvalue weighted by Crippen LogP contribution is 2.42. The van der Waals surface area contributed by atoms with Crippen LogP contribution < -0.4 is 5.32 Å². The Morgan fingerprint density at radius 3 is 2.60 bits per heavy atom. The van der Waals surface area contributed by atoms with E-state index in [1.807, 2.05) is 14.2 Å². The summed E-state index contributed by atoms with van der Waals surface area (Å²) in [6, 6.07) is 0. The van der Waals surface area contributed by atoms with Crippen LogP contribution in [-0.2, 0) is 4.74 Å². The fraction of sp³-hybridized carbons (Fsp3) is 1.00. The number of nitrogens with one attached hydrogen (secondary N) is 1. The average molecular weight is 143 g/mol. The first-order valence-electron chi connectivity index (χ1n) is 4.03. The topological polar surface area (TPSA) is 21.3 Å². The van der Waals surface area contributed by atoms with E-state index in [2.05, 4.69) is 5.32 Å². The molecule has 1 aliphatic carbocycles. The van der Waals surface area contributed by atoms with E-state index in [4.69, 9.17) is 4.74 Å². The van der Waals surface area contributed by atoms with Gasteiger partial charge in [0.25, 0.3) is 0 Å². The third kappa shape index (κ3) is 1.96. The van der Waals surface area contributed by atoms with Gasteiger partial charge in [0.05, 0.1) is 5.60 Å². The number of rotatable bonds is 5. The molecule has 0 heterocycles. The van der Waals surface area contributed by atoms with Crippen molar-refractivity contribution in [2.24, 2.45) is 0 Å². The molecule has 0 aromatic carbocycles. The summed E-state index contributed by atoms with van der Waals surface area (Å²) < 4.78 is 5.37. The van der Waals surface area contributed by atoms with E-state index in [1.165, 1.54) is 25.7 Å². The van der Waals surface area contributed by atoms with Crippen LogP contribution in [0.15, 0.2) is 0 Å². The molecule has 2 nitrogen and oxygen atoms in total. The molecule has 10 heavy (non-hydrogen) atoms. The Labute approximate surface area is 63.0 Å². The Balaban J connectivity index is 2.01. The lowest BCUT2D eigenvalue weighted by Crippen LogP contribution is -2.15. The Morgan fingerprint density at radius 2 is 2.20 bits per heavy atom. The molecule has 1 rings (SSSR count). The Kier molecular flexibility index (Phi) is 2.69. The third-order valence-corrected chi connectivity index (χ3v) is 2.30. The molecule has 1 fully saturated rings. The van der Waals surface area contributed by atoms with Crippen LogP contribution in [0.5, 0.6) is 0 Å². The smallest absolute Gasteiger partial charge is 0.0681 e. The molecule has 0 unspecified atom stereocenters. The first-order valence-corrected chi connectivity index (χ1v) is 4.03. The Morgan fingerprint density at radius 1 is 1.50 bits per heavy atom. The van der Waals surface area contributed by atoms with Gasteiger partial charge in [-0.05, 0) is 39.3 Å². The van der Waals surface area contributed by atoms with E-state index in [0.717, 1.165) is 6.54 Å². The summed E-state index contributed by atoms with van der Waals surface area (Å²) in [6.07, 6.45) is 5.01. The van der Waals surface area contributed by atoms with Crippen molar-refractivity contribution in [3.8, 4) is 0 Å². The van der Waals surface area contributed by atoms with Crippen LogP contribution >= 0.6 is 0 Å². The minimum Gasteiger partial charge on any atom is -0.378 e. The SMILES string of the molecule is CNCCCC1(OC)CC1. The maximum absolute atomic E-state index is 5.37. The van der Waals surface area contributed by atoms with Gasteiger partial charge in [-0.2, -0.15) is 0 Å². The van der Waals surface area contributed by atoms with E-state index in [9.17, 15) is 0 Å². The third-order valence-electron chi connectivity index (χ3n) is 2.30. The lowest BCUT2D eigenvalue weighted by Gasteiger charge is -2.11. The van der Waals surface area contributed by atoms with Gasteiger partial charge >= 0.3 is 0 Å². The minimum atomic E-state index is 0.302. The zero-order valence-electron chi connectivity index (χ0n) is 6.94. The predicted octanol–water partition coefficient (Wildman–Crippen LogP) is 1.16. The van der Waals surface area contributed by atoms with Crippen molar-refractivity contribution in [1.29, 1.82) is 0 Å². The lowest BCUT2D eigenvalue weighted by molar-refractivity contribution is 0.0712. The van der Waals surface area contributed by atoms with E-state index >= 15 is 0 Å². The molecule has 60 valence electrons. The molecule has 0 bridgehead atoms. The summed E-state index contributed by atoms with van der Waals surface area (Å²) >= 11 is 0. The van der Waals surface area contributed by atoms with E-state index < -0.39 is 0 Å². The van der Waals surface area contributed by atoms with Crippen LogP contribution in [0.1, 0.15) is 25.7 Å². The van der Waals surface area contributed by atoms with Gasteiger partial charge in [-0.15, -0.1) is 0 Å². The van der Waals surface area contributed by atoms with Crippen molar-refractivity contribution in [3.05, 3.63) is 0 Å². The highest BCUT2D eigenvalue weighted by Gasteiger charge is 2.41. The van der Waals surface area contributed by atoms with Gasteiger partial charge < -0.3 is 10.1 Å².